The Balaban J connectivity index is 1.43. The van der Waals surface area contributed by atoms with Crippen molar-refractivity contribution in [3.05, 3.63) is 63.1 Å². The monoisotopic (exact) mass is 414 g/mol. The molecule has 4 rings (SSSR count). The number of fused-ring (bicyclic) bond motifs is 1. The molecule has 10 heteroatoms. The number of carbonyl (C=O) groups excluding carboxylic acids is 1. The van der Waals surface area contributed by atoms with Crippen molar-refractivity contribution in [1.82, 2.24) is 19.7 Å². The molecule has 0 radical (unpaired) electrons. The molecule has 0 unspecified atom stereocenters. The number of thiophene rings is 1. The number of ether oxygens (including phenoxy) is 1. The molecule has 4 aromatic rings. The summed E-state index contributed by atoms with van der Waals surface area (Å²) in [5, 5.41) is 4.29. The van der Waals surface area contributed by atoms with Crippen LogP contribution in [-0.4, -0.2) is 25.7 Å². The average Bonchev–Trinajstić information content (AvgIpc) is 3.28. The van der Waals surface area contributed by atoms with Crippen LogP contribution in [-0.2, 0) is 22.7 Å². The fourth-order valence-electron chi connectivity index (χ4n) is 2.74. The van der Waals surface area contributed by atoms with Gasteiger partial charge in [-0.05, 0) is 43.7 Å². The van der Waals surface area contributed by atoms with Gasteiger partial charge in [-0.1, -0.05) is 5.16 Å². The molecule has 0 aliphatic carbocycles. The van der Waals surface area contributed by atoms with E-state index in [0.29, 0.717) is 15.8 Å². The molecule has 3 heterocycles. The standard InChI is InChI=1S/C19H15FN4O4S/c1-10-11(2)29-18-16(10)19(26)24(9-21-18)7-15(25)27-8-14-22-17(23-28-14)12-3-5-13(20)6-4-12/h3-6,9H,7-8H2,1-2H3. The number of halogens is 1. The zero-order chi connectivity index (χ0) is 20.5. The van der Waals surface area contributed by atoms with Crippen LogP contribution in [0.3, 0.4) is 0 Å². The summed E-state index contributed by atoms with van der Waals surface area (Å²) in [4.78, 5) is 34.8. The van der Waals surface area contributed by atoms with E-state index in [2.05, 4.69) is 15.1 Å². The Morgan fingerprint density at radius 1 is 1.28 bits per heavy atom. The van der Waals surface area contributed by atoms with E-state index in [0.717, 1.165) is 10.4 Å². The highest BCUT2D eigenvalue weighted by molar-refractivity contribution is 7.18. The van der Waals surface area contributed by atoms with Gasteiger partial charge in [-0.3, -0.25) is 14.2 Å². The van der Waals surface area contributed by atoms with E-state index in [1.807, 2.05) is 13.8 Å². The minimum Gasteiger partial charge on any atom is -0.454 e. The van der Waals surface area contributed by atoms with E-state index in [-0.39, 0.29) is 36.2 Å². The molecule has 0 N–H and O–H groups in total. The van der Waals surface area contributed by atoms with E-state index in [1.165, 1.54) is 46.5 Å². The summed E-state index contributed by atoms with van der Waals surface area (Å²) in [7, 11) is 0. The van der Waals surface area contributed by atoms with E-state index in [9.17, 15) is 14.0 Å². The first-order valence-electron chi connectivity index (χ1n) is 8.61. The third kappa shape index (κ3) is 3.79. The Morgan fingerprint density at radius 2 is 2.03 bits per heavy atom. The maximum Gasteiger partial charge on any atom is 0.326 e. The summed E-state index contributed by atoms with van der Waals surface area (Å²) in [5.41, 5.74) is 1.15. The summed E-state index contributed by atoms with van der Waals surface area (Å²) in [6, 6.07) is 5.59. The highest BCUT2D eigenvalue weighted by Gasteiger charge is 2.15. The topological polar surface area (TPSA) is 100 Å². The summed E-state index contributed by atoms with van der Waals surface area (Å²) in [6.07, 6.45) is 1.33. The predicted molar refractivity (Wildman–Crippen MR) is 103 cm³/mol. The van der Waals surface area contributed by atoms with E-state index in [4.69, 9.17) is 9.26 Å². The van der Waals surface area contributed by atoms with Crippen molar-refractivity contribution in [2.24, 2.45) is 0 Å². The second-order valence-corrected chi connectivity index (χ2v) is 7.52. The maximum atomic E-state index is 13.0. The van der Waals surface area contributed by atoms with Gasteiger partial charge in [-0.2, -0.15) is 4.98 Å². The number of aryl methyl sites for hydroxylation is 2. The fraction of sp³-hybridized carbons (Fsp3) is 0.211. The third-order valence-corrected chi connectivity index (χ3v) is 5.50. The lowest BCUT2D eigenvalue weighted by atomic mass is 10.2. The SMILES string of the molecule is Cc1sc2ncn(CC(=O)OCc3nc(-c4ccc(F)cc4)no3)c(=O)c2c1C. The van der Waals surface area contributed by atoms with Crippen LogP contribution in [0.1, 0.15) is 16.3 Å². The first-order valence-corrected chi connectivity index (χ1v) is 9.43. The van der Waals surface area contributed by atoms with Crippen molar-refractivity contribution in [3.8, 4) is 11.4 Å². The highest BCUT2D eigenvalue weighted by Crippen LogP contribution is 2.25. The van der Waals surface area contributed by atoms with Gasteiger partial charge in [0.25, 0.3) is 11.4 Å². The van der Waals surface area contributed by atoms with Crippen molar-refractivity contribution >= 4 is 27.5 Å². The molecule has 0 amide bonds. The number of aromatic nitrogens is 4. The summed E-state index contributed by atoms with van der Waals surface area (Å²) in [6.45, 7) is 3.25. The lowest BCUT2D eigenvalue weighted by Crippen LogP contribution is -2.25. The van der Waals surface area contributed by atoms with Crippen LogP contribution in [0.25, 0.3) is 21.6 Å². The molecule has 0 aliphatic rings. The van der Waals surface area contributed by atoms with E-state index >= 15 is 0 Å². The molecule has 0 saturated carbocycles. The van der Waals surface area contributed by atoms with Gasteiger partial charge >= 0.3 is 5.97 Å². The Kier molecular flexibility index (Phi) is 4.93. The van der Waals surface area contributed by atoms with Crippen molar-refractivity contribution in [2.75, 3.05) is 0 Å². The molecular formula is C19H15FN4O4S. The van der Waals surface area contributed by atoms with Crippen molar-refractivity contribution in [3.63, 3.8) is 0 Å². The number of benzene rings is 1. The molecule has 8 nitrogen and oxygen atoms in total. The van der Waals surface area contributed by atoms with Gasteiger partial charge in [0, 0.05) is 10.4 Å². The normalized spacial score (nSPS) is 11.1. The fourth-order valence-corrected chi connectivity index (χ4v) is 3.73. The molecule has 0 fully saturated rings. The second-order valence-electron chi connectivity index (χ2n) is 6.32. The second kappa shape index (κ2) is 7.55. The number of hydrogen-bond donors (Lipinski definition) is 0. The van der Waals surface area contributed by atoms with Crippen LogP contribution in [0.5, 0.6) is 0 Å². The lowest BCUT2D eigenvalue weighted by Gasteiger charge is -2.05. The maximum absolute atomic E-state index is 13.0. The smallest absolute Gasteiger partial charge is 0.326 e. The van der Waals surface area contributed by atoms with Crippen LogP contribution < -0.4 is 5.56 Å². The average molecular weight is 414 g/mol. The number of carbonyl (C=O) groups is 1. The summed E-state index contributed by atoms with van der Waals surface area (Å²) >= 11 is 1.44. The van der Waals surface area contributed by atoms with E-state index < -0.39 is 5.97 Å². The quantitative estimate of drug-likeness (QED) is 0.463. The lowest BCUT2D eigenvalue weighted by molar-refractivity contribution is -0.146. The highest BCUT2D eigenvalue weighted by atomic mass is 32.1. The van der Waals surface area contributed by atoms with Gasteiger partial charge in [0.2, 0.25) is 5.82 Å². The molecule has 1 aromatic carbocycles. The molecule has 0 spiro atoms. The number of esters is 1. The molecule has 0 atom stereocenters. The minimum absolute atomic E-state index is 0.0860. The summed E-state index contributed by atoms with van der Waals surface area (Å²) < 4.78 is 24.4. The van der Waals surface area contributed by atoms with Gasteiger partial charge < -0.3 is 9.26 Å². The zero-order valence-corrected chi connectivity index (χ0v) is 16.3. The van der Waals surface area contributed by atoms with Gasteiger partial charge in [0.05, 0.1) is 11.7 Å². The molecule has 0 aliphatic heterocycles. The Labute approximate surface area is 167 Å². The van der Waals surface area contributed by atoms with Gasteiger partial charge in [0.1, 0.15) is 17.2 Å². The van der Waals surface area contributed by atoms with Crippen molar-refractivity contribution < 1.29 is 18.4 Å². The van der Waals surface area contributed by atoms with Gasteiger partial charge in [-0.15, -0.1) is 11.3 Å². The number of rotatable bonds is 5. The van der Waals surface area contributed by atoms with Gasteiger partial charge in [0.15, 0.2) is 6.61 Å². The van der Waals surface area contributed by atoms with Crippen LogP contribution in [0.4, 0.5) is 4.39 Å². The molecular weight excluding hydrogens is 399 g/mol. The molecule has 148 valence electrons. The minimum atomic E-state index is -0.639. The molecule has 3 aromatic heterocycles. The number of hydrogen-bond acceptors (Lipinski definition) is 8. The largest absolute Gasteiger partial charge is 0.454 e. The first-order chi connectivity index (χ1) is 13.9. The first kappa shape index (κ1) is 18.9. The van der Waals surface area contributed by atoms with Crippen LogP contribution in [0.2, 0.25) is 0 Å². The van der Waals surface area contributed by atoms with E-state index in [1.54, 1.807) is 0 Å². The van der Waals surface area contributed by atoms with Crippen LogP contribution >= 0.6 is 11.3 Å². The Bertz CT molecular complexity index is 1260. The molecule has 29 heavy (non-hydrogen) atoms. The number of nitrogens with zero attached hydrogens (tertiary/aromatic N) is 4. The van der Waals surface area contributed by atoms with Crippen LogP contribution in [0, 0.1) is 19.7 Å². The Morgan fingerprint density at radius 3 is 2.79 bits per heavy atom. The van der Waals surface area contributed by atoms with Crippen LogP contribution in [0.15, 0.2) is 39.9 Å². The predicted octanol–water partition coefficient (Wildman–Crippen LogP) is 3.01. The van der Waals surface area contributed by atoms with Gasteiger partial charge in [-0.25, -0.2) is 9.37 Å². The van der Waals surface area contributed by atoms with Crippen molar-refractivity contribution in [1.29, 1.82) is 0 Å². The van der Waals surface area contributed by atoms with Crippen molar-refractivity contribution in [2.45, 2.75) is 27.0 Å². The molecule has 0 saturated heterocycles. The Hall–Kier alpha value is -3.40. The summed E-state index contributed by atoms with van der Waals surface area (Å²) in [5.74, 6) is -0.672. The zero-order valence-electron chi connectivity index (χ0n) is 15.5. The molecule has 0 bridgehead atoms. The third-order valence-electron chi connectivity index (χ3n) is 4.38.